The zero-order valence-electron chi connectivity index (χ0n) is 15.9. The van der Waals surface area contributed by atoms with Crippen LogP contribution in [-0.2, 0) is 16.1 Å². The summed E-state index contributed by atoms with van der Waals surface area (Å²) in [5.41, 5.74) is 1.76. The van der Waals surface area contributed by atoms with Gasteiger partial charge in [0.25, 0.3) is 0 Å². The van der Waals surface area contributed by atoms with Gasteiger partial charge in [0, 0.05) is 0 Å². The Morgan fingerprint density at radius 3 is 2.46 bits per heavy atom. The minimum atomic E-state index is -0.733. The molecule has 7 heteroatoms. The van der Waals surface area contributed by atoms with Crippen LogP contribution in [0.2, 0.25) is 0 Å². The van der Waals surface area contributed by atoms with E-state index < -0.39 is 12.1 Å². The molecule has 0 radical (unpaired) electrons. The molecule has 0 aromatic heterocycles. The van der Waals surface area contributed by atoms with E-state index in [4.69, 9.17) is 14.2 Å². The predicted octanol–water partition coefficient (Wildman–Crippen LogP) is 2.95. The molecule has 2 atom stereocenters. The summed E-state index contributed by atoms with van der Waals surface area (Å²) in [5, 5.41) is 5.42. The molecule has 28 heavy (non-hydrogen) atoms. The average Bonchev–Trinajstić information content (AvgIpc) is 2.72. The number of benzene rings is 2. The van der Waals surface area contributed by atoms with Gasteiger partial charge in [-0.3, -0.25) is 4.79 Å². The van der Waals surface area contributed by atoms with E-state index in [1.54, 1.807) is 6.92 Å². The number of rotatable bonds is 6. The molecule has 2 amide bonds. The van der Waals surface area contributed by atoms with E-state index >= 15 is 0 Å². The van der Waals surface area contributed by atoms with Crippen molar-refractivity contribution in [1.82, 2.24) is 10.6 Å². The summed E-state index contributed by atoms with van der Waals surface area (Å²) in [6.45, 7) is 4.65. The van der Waals surface area contributed by atoms with Gasteiger partial charge < -0.3 is 24.8 Å². The minimum Gasteiger partial charge on any atom is -0.486 e. The van der Waals surface area contributed by atoms with Gasteiger partial charge in [-0.15, -0.1) is 0 Å². The molecule has 148 valence electrons. The second-order valence-corrected chi connectivity index (χ2v) is 6.56. The Labute approximate surface area is 164 Å². The van der Waals surface area contributed by atoms with E-state index in [2.05, 4.69) is 10.6 Å². The summed E-state index contributed by atoms with van der Waals surface area (Å²) < 4.78 is 16.2. The molecule has 7 nitrogen and oxygen atoms in total. The Morgan fingerprint density at radius 2 is 1.71 bits per heavy atom. The average molecular weight is 384 g/mol. The van der Waals surface area contributed by atoms with Crippen LogP contribution in [-0.4, -0.2) is 31.3 Å². The van der Waals surface area contributed by atoms with Crippen LogP contribution in [0.15, 0.2) is 48.5 Å². The summed E-state index contributed by atoms with van der Waals surface area (Å²) in [6, 6.07) is 13.9. The maximum Gasteiger partial charge on any atom is 0.408 e. The maximum absolute atomic E-state index is 12.4. The Kier molecular flexibility index (Phi) is 6.37. The fraction of sp³-hybridized carbons (Fsp3) is 0.333. The van der Waals surface area contributed by atoms with Gasteiger partial charge in [-0.2, -0.15) is 0 Å². The molecule has 0 saturated heterocycles. The van der Waals surface area contributed by atoms with Crippen LogP contribution in [0.25, 0.3) is 0 Å². The third-order valence-electron chi connectivity index (χ3n) is 4.37. The highest BCUT2D eigenvalue weighted by Gasteiger charge is 2.20. The van der Waals surface area contributed by atoms with Gasteiger partial charge in [0.05, 0.1) is 6.04 Å². The predicted molar refractivity (Wildman–Crippen MR) is 103 cm³/mol. The summed E-state index contributed by atoms with van der Waals surface area (Å²) in [7, 11) is 0. The van der Waals surface area contributed by atoms with Crippen LogP contribution in [0.1, 0.15) is 31.0 Å². The molecule has 0 fully saturated rings. The first kappa shape index (κ1) is 19.5. The van der Waals surface area contributed by atoms with Crippen molar-refractivity contribution < 1.29 is 23.8 Å². The molecule has 2 aromatic carbocycles. The number of amides is 2. The molecule has 1 aliphatic heterocycles. The molecule has 3 rings (SSSR count). The normalized spacial score (nSPS) is 14.5. The number of hydrogen-bond acceptors (Lipinski definition) is 5. The molecular formula is C21H24N2O5. The summed E-state index contributed by atoms with van der Waals surface area (Å²) >= 11 is 0. The Hall–Kier alpha value is -3.22. The van der Waals surface area contributed by atoms with Crippen LogP contribution in [0.4, 0.5) is 4.79 Å². The van der Waals surface area contributed by atoms with Gasteiger partial charge in [0.2, 0.25) is 5.91 Å². The van der Waals surface area contributed by atoms with Crippen molar-refractivity contribution in [3.05, 3.63) is 59.7 Å². The van der Waals surface area contributed by atoms with E-state index in [-0.39, 0.29) is 18.6 Å². The van der Waals surface area contributed by atoms with Crippen LogP contribution < -0.4 is 20.1 Å². The van der Waals surface area contributed by atoms with Gasteiger partial charge in [0.15, 0.2) is 11.5 Å². The zero-order valence-corrected chi connectivity index (χ0v) is 15.9. The number of fused-ring (bicyclic) bond motifs is 1. The fourth-order valence-electron chi connectivity index (χ4n) is 2.76. The molecule has 0 aliphatic carbocycles. The molecule has 1 unspecified atom stereocenters. The monoisotopic (exact) mass is 384 g/mol. The van der Waals surface area contributed by atoms with Crippen molar-refractivity contribution in [2.45, 2.75) is 32.5 Å². The number of carbonyl (C=O) groups is 2. The first-order valence-corrected chi connectivity index (χ1v) is 9.20. The zero-order chi connectivity index (χ0) is 19.9. The summed E-state index contributed by atoms with van der Waals surface area (Å²) in [4.78, 5) is 24.3. The number of ether oxygens (including phenoxy) is 3. The molecule has 0 bridgehead atoms. The smallest absolute Gasteiger partial charge is 0.408 e. The Balaban J connectivity index is 1.48. The lowest BCUT2D eigenvalue weighted by Crippen LogP contribution is -2.45. The highest BCUT2D eigenvalue weighted by molar-refractivity contribution is 5.85. The van der Waals surface area contributed by atoms with E-state index in [1.807, 2.05) is 55.5 Å². The summed E-state index contributed by atoms with van der Waals surface area (Å²) in [5.74, 6) is 1.06. The number of nitrogens with one attached hydrogen (secondary N) is 2. The first-order chi connectivity index (χ1) is 13.5. The second-order valence-electron chi connectivity index (χ2n) is 6.56. The maximum atomic E-state index is 12.4. The van der Waals surface area contributed by atoms with Crippen LogP contribution >= 0.6 is 0 Å². The summed E-state index contributed by atoms with van der Waals surface area (Å²) in [6.07, 6.45) is -0.640. The third kappa shape index (κ3) is 5.16. The fourth-order valence-corrected chi connectivity index (χ4v) is 2.76. The quantitative estimate of drug-likeness (QED) is 0.800. The van der Waals surface area contributed by atoms with Crippen molar-refractivity contribution in [1.29, 1.82) is 0 Å². The van der Waals surface area contributed by atoms with Crippen LogP contribution in [0.3, 0.4) is 0 Å². The minimum absolute atomic E-state index is 0.147. The lowest BCUT2D eigenvalue weighted by Gasteiger charge is -2.22. The third-order valence-corrected chi connectivity index (χ3v) is 4.37. The van der Waals surface area contributed by atoms with E-state index in [0.29, 0.717) is 24.7 Å². The lowest BCUT2D eigenvalue weighted by molar-refractivity contribution is -0.123. The van der Waals surface area contributed by atoms with Crippen LogP contribution in [0, 0.1) is 0 Å². The molecular weight excluding hydrogens is 360 g/mol. The standard InChI is InChI=1S/C21H24N2O5/c1-14(17-8-9-18-19(12-17)27-11-10-26-18)22-20(24)15(2)23-21(25)28-13-16-6-4-3-5-7-16/h3-9,12,14-15H,10-11,13H2,1-2H3,(H,22,24)(H,23,25)/t14?,15-/m0/s1. The van der Waals surface area contributed by atoms with Crippen molar-refractivity contribution in [2.75, 3.05) is 13.2 Å². The molecule has 0 saturated carbocycles. The van der Waals surface area contributed by atoms with Gasteiger partial charge in [-0.05, 0) is 37.1 Å². The van der Waals surface area contributed by atoms with Crippen molar-refractivity contribution in [2.24, 2.45) is 0 Å². The Bertz CT molecular complexity index is 825. The number of carbonyl (C=O) groups excluding carboxylic acids is 2. The van der Waals surface area contributed by atoms with Gasteiger partial charge in [0.1, 0.15) is 25.9 Å². The molecule has 2 aromatic rings. The van der Waals surface area contributed by atoms with E-state index in [0.717, 1.165) is 11.1 Å². The highest BCUT2D eigenvalue weighted by Crippen LogP contribution is 2.32. The molecule has 0 spiro atoms. The van der Waals surface area contributed by atoms with Gasteiger partial charge in [-0.1, -0.05) is 36.4 Å². The number of alkyl carbamates (subject to hydrolysis) is 1. The van der Waals surface area contributed by atoms with Crippen molar-refractivity contribution >= 4 is 12.0 Å². The lowest BCUT2D eigenvalue weighted by atomic mass is 10.1. The molecule has 1 heterocycles. The molecule has 2 N–H and O–H groups in total. The first-order valence-electron chi connectivity index (χ1n) is 9.20. The van der Waals surface area contributed by atoms with Crippen LogP contribution in [0.5, 0.6) is 11.5 Å². The second kappa shape index (κ2) is 9.12. The van der Waals surface area contributed by atoms with E-state index in [9.17, 15) is 9.59 Å². The SMILES string of the molecule is CC(NC(=O)[C@H](C)NC(=O)OCc1ccccc1)c1ccc2c(c1)OCCO2. The largest absolute Gasteiger partial charge is 0.486 e. The topological polar surface area (TPSA) is 85.9 Å². The Morgan fingerprint density at radius 1 is 1.00 bits per heavy atom. The number of hydrogen-bond donors (Lipinski definition) is 2. The highest BCUT2D eigenvalue weighted by atomic mass is 16.6. The van der Waals surface area contributed by atoms with Crippen molar-refractivity contribution in [3.8, 4) is 11.5 Å². The van der Waals surface area contributed by atoms with Gasteiger partial charge >= 0.3 is 6.09 Å². The molecule has 1 aliphatic rings. The van der Waals surface area contributed by atoms with Crippen molar-refractivity contribution in [3.63, 3.8) is 0 Å². The van der Waals surface area contributed by atoms with E-state index in [1.165, 1.54) is 0 Å². The van der Waals surface area contributed by atoms with Gasteiger partial charge in [-0.25, -0.2) is 4.79 Å².